The van der Waals surface area contributed by atoms with Crippen LogP contribution in [-0.2, 0) is 11.3 Å². The molecular weight excluding hydrogens is 270 g/mol. The summed E-state index contributed by atoms with van der Waals surface area (Å²) in [7, 11) is 0. The third-order valence-electron chi connectivity index (χ3n) is 3.92. The van der Waals surface area contributed by atoms with E-state index >= 15 is 0 Å². The highest BCUT2D eigenvalue weighted by molar-refractivity contribution is 5.80. The summed E-state index contributed by atoms with van der Waals surface area (Å²) in [5.41, 5.74) is 2.27. The minimum atomic E-state index is -0.336. The van der Waals surface area contributed by atoms with Gasteiger partial charge >= 0.3 is 5.63 Å². The smallest absolute Gasteiger partial charge is 0.336 e. The summed E-state index contributed by atoms with van der Waals surface area (Å²) in [6, 6.07) is 7.39. The SMILES string of the molecule is Cc1ccc2c(CN3CCOCC3CO)cc(=O)oc2c1. The Bertz CT molecular complexity index is 694. The van der Waals surface area contributed by atoms with Crippen LogP contribution in [0.15, 0.2) is 33.5 Å². The molecule has 1 aromatic carbocycles. The van der Waals surface area contributed by atoms with Gasteiger partial charge in [0, 0.05) is 24.5 Å². The molecule has 1 saturated heterocycles. The molecular formula is C16H19NO4. The van der Waals surface area contributed by atoms with Crippen LogP contribution < -0.4 is 5.63 Å². The molecule has 5 heteroatoms. The molecule has 1 fully saturated rings. The van der Waals surface area contributed by atoms with Gasteiger partial charge in [0.1, 0.15) is 5.58 Å². The highest BCUT2D eigenvalue weighted by Crippen LogP contribution is 2.21. The topological polar surface area (TPSA) is 62.9 Å². The van der Waals surface area contributed by atoms with Gasteiger partial charge in [-0.15, -0.1) is 0 Å². The lowest BCUT2D eigenvalue weighted by Crippen LogP contribution is -2.46. The molecule has 1 unspecified atom stereocenters. The van der Waals surface area contributed by atoms with Crippen LogP contribution in [0.1, 0.15) is 11.1 Å². The summed E-state index contributed by atoms with van der Waals surface area (Å²) in [6.07, 6.45) is 0. The molecule has 2 aromatic rings. The highest BCUT2D eigenvalue weighted by atomic mass is 16.5. The Balaban J connectivity index is 1.97. The maximum atomic E-state index is 11.7. The van der Waals surface area contributed by atoms with E-state index in [9.17, 15) is 9.90 Å². The lowest BCUT2D eigenvalue weighted by Gasteiger charge is -2.34. The van der Waals surface area contributed by atoms with Crippen molar-refractivity contribution < 1.29 is 14.3 Å². The number of ether oxygens (including phenoxy) is 1. The van der Waals surface area contributed by atoms with Crippen molar-refractivity contribution in [2.75, 3.05) is 26.4 Å². The molecule has 0 bridgehead atoms. The zero-order valence-electron chi connectivity index (χ0n) is 12.0. The number of rotatable bonds is 3. The van der Waals surface area contributed by atoms with E-state index in [-0.39, 0.29) is 18.3 Å². The number of aryl methyl sites for hydroxylation is 1. The Kier molecular flexibility index (Phi) is 4.05. The Labute approximate surface area is 122 Å². The van der Waals surface area contributed by atoms with E-state index in [2.05, 4.69) is 4.90 Å². The molecule has 0 spiro atoms. The van der Waals surface area contributed by atoms with E-state index in [1.54, 1.807) is 6.07 Å². The van der Waals surface area contributed by atoms with E-state index in [4.69, 9.17) is 9.15 Å². The van der Waals surface area contributed by atoms with E-state index in [1.165, 1.54) is 0 Å². The number of hydrogen-bond donors (Lipinski definition) is 1. The van der Waals surface area contributed by atoms with Gasteiger partial charge in [0.2, 0.25) is 0 Å². The van der Waals surface area contributed by atoms with Crippen molar-refractivity contribution in [3.05, 3.63) is 45.8 Å². The summed E-state index contributed by atoms with van der Waals surface area (Å²) >= 11 is 0. The van der Waals surface area contributed by atoms with Gasteiger partial charge in [0.25, 0.3) is 0 Å². The molecule has 0 aliphatic carbocycles. The fourth-order valence-corrected chi connectivity index (χ4v) is 2.75. The van der Waals surface area contributed by atoms with E-state index in [0.717, 1.165) is 23.1 Å². The molecule has 3 rings (SSSR count). The Morgan fingerprint density at radius 1 is 1.38 bits per heavy atom. The summed E-state index contributed by atoms with van der Waals surface area (Å²) in [5, 5.41) is 10.4. The molecule has 1 atom stereocenters. The fourth-order valence-electron chi connectivity index (χ4n) is 2.75. The maximum absolute atomic E-state index is 11.7. The normalized spacial score (nSPS) is 20.0. The lowest BCUT2D eigenvalue weighted by atomic mass is 10.1. The molecule has 0 radical (unpaired) electrons. The minimum absolute atomic E-state index is 0.0218. The van der Waals surface area contributed by atoms with Crippen molar-refractivity contribution in [2.24, 2.45) is 0 Å². The Hall–Kier alpha value is -1.69. The summed E-state index contributed by atoms with van der Waals surface area (Å²) in [6.45, 7) is 4.55. The zero-order valence-corrected chi connectivity index (χ0v) is 12.0. The standard InChI is InChI=1S/C16H19NO4/c1-11-2-3-14-12(7-16(19)21-15(14)6-11)8-17-4-5-20-10-13(17)9-18/h2-3,6-7,13,18H,4-5,8-10H2,1H3. The molecule has 1 N–H and O–H groups in total. The second kappa shape index (κ2) is 5.97. The molecule has 1 aliphatic rings. The molecule has 5 nitrogen and oxygen atoms in total. The minimum Gasteiger partial charge on any atom is -0.423 e. The van der Waals surface area contributed by atoms with Gasteiger partial charge in [-0.3, -0.25) is 4.90 Å². The van der Waals surface area contributed by atoms with Crippen molar-refractivity contribution in [2.45, 2.75) is 19.5 Å². The monoisotopic (exact) mass is 289 g/mol. The second-order valence-corrected chi connectivity index (χ2v) is 5.47. The summed E-state index contributed by atoms with van der Waals surface area (Å²) in [5.74, 6) is 0. The molecule has 2 heterocycles. The third-order valence-corrected chi connectivity index (χ3v) is 3.92. The number of fused-ring (bicyclic) bond motifs is 1. The highest BCUT2D eigenvalue weighted by Gasteiger charge is 2.23. The number of morpholine rings is 1. The molecule has 0 saturated carbocycles. The largest absolute Gasteiger partial charge is 0.423 e. The predicted molar refractivity (Wildman–Crippen MR) is 79.3 cm³/mol. The van der Waals surface area contributed by atoms with Crippen LogP contribution in [0.4, 0.5) is 0 Å². The third kappa shape index (κ3) is 3.00. The average Bonchev–Trinajstić information content (AvgIpc) is 2.47. The first kappa shape index (κ1) is 14.3. The summed E-state index contributed by atoms with van der Waals surface area (Å²) < 4.78 is 10.7. The molecule has 1 aliphatic heterocycles. The molecule has 1 aromatic heterocycles. The van der Waals surface area contributed by atoms with Gasteiger partial charge in [-0.25, -0.2) is 4.79 Å². The molecule has 21 heavy (non-hydrogen) atoms. The van der Waals surface area contributed by atoms with E-state index in [1.807, 2.05) is 25.1 Å². The first-order valence-electron chi connectivity index (χ1n) is 7.13. The van der Waals surface area contributed by atoms with Crippen molar-refractivity contribution >= 4 is 11.0 Å². The van der Waals surface area contributed by atoms with Crippen LogP contribution in [0, 0.1) is 6.92 Å². The molecule has 0 amide bonds. The van der Waals surface area contributed by atoms with Gasteiger partial charge in [-0.1, -0.05) is 12.1 Å². The van der Waals surface area contributed by atoms with E-state index < -0.39 is 0 Å². The quantitative estimate of drug-likeness (QED) is 0.863. The van der Waals surface area contributed by atoms with Gasteiger partial charge in [-0.05, 0) is 24.1 Å². The van der Waals surface area contributed by atoms with Gasteiger partial charge in [-0.2, -0.15) is 0 Å². The van der Waals surface area contributed by atoms with Crippen molar-refractivity contribution in [1.82, 2.24) is 4.90 Å². The number of aliphatic hydroxyl groups excluding tert-OH is 1. The van der Waals surface area contributed by atoms with Crippen LogP contribution in [0.25, 0.3) is 11.0 Å². The Morgan fingerprint density at radius 3 is 3.05 bits per heavy atom. The van der Waals surface area contributed by atoms with Crippen molar-refractivity contribution in [3.63, 3.8) is 0 Å². The zero-order chi connectivity index (χ0) is 14.8. The predicted octanol–water partition coefficient (Wildman–Crippen LogP) is 1.29. The van der Waals surface area contributed by atoms with Gasteiger partial charge in [0.05, 0.1) is 25.9 Å². The molecule has 112 valence electrons. The first-order chi connectivity index (χ1) is 10.2. The van der Waals surface area contributed by atoms with Crippen LogP contribution in [-0.4, -0.2) is 42.4 Å². The maximum Gasteiger partial charge on any atom is 0.336 e. The van der Waals surface area contributed by atoms with Gasteiger partial charge in [0.15, 0.2) is 0 Å². The average molecular weight is 289 g/mol. The van der Waals surface area contributed by atoms with Crippen molar-refractivity contribution in [3.8, 4) is 0 Å². The van der Waals surface area contributed by atoms with Crippen molar-refractivity contribution in [1.29, 1.82) is 0 Å². The summed E-state index contributed by atoms with van der Waals surface area (Å²) in [4.78, 5) is 13.9. The van der Waals surface area contributed by atoms with Crippen LogP contribution in [0.5, 0.6) is 0 Å². The number of benzene rings is 1. The number of aliphatic hydroxyl groups is 1. The van der Waals surface area contributed by atoms with Crippen LogP contribution >= 0.6 is 0 Å². The number of nitrogens with zero attached hydrogens (tertiary/aromatic N) is 1. The fraction of sp³-hybridized carbons (Fsp3) is 0.438. The Morgan fingerprint density at radius 2 is 2.24 bits per heavy atom. The number of hydrogen-bond acceptors (Lipinski definition) is 5. The first-order valence-corrected chi connectivity index (χ1v) is 7.13. The second-order valence-electron chi connectivity index (χ2n) is 5.47. The van der Waals surface area contributed by atoms with Gasteiger partial charge < -0.3 is 14.3 Å². The van der Waals surface area contributed by atoms with E-state index in [0.29, 0.717) is 25.3 Å². The van der Waals surface area contributed by atoms with Crippen LogP contribution in [0.3, 0.4) is 0 Å². The lowest BCUT2D eigenvalue weighted by molar-refractivity contribution is -0.0311. The van der Waals surface area contributed by atoms with Crippen LogP contribution in [0.2, 0.25) is 0 Å².